The van der Waals surface area contributed by atoms with Crippen LogP contribution in [0.15, 0.2) is 46.1 Å². The lowest BCUT2D eigenvalue weighted by atomic mass is 10.1. The zero-order valence-electron chi connectivity index (χ0n) is 10.5. The summed E-state index contributed by atoms with van der Waals surface area (Å²) in [5.41, 5.74) is 7.60. The number of guanidine groups is 1. The van der Waals surface area contributed by atoms with Gasteiger partial charge in [-0.2, -0.15) is 0 Å². The lowest BCUT2D eigenvalue weighted by Crippen LogP contribution is -2.33. The maximum atomic E-state index is 5.80. The molecule has 1 aromatic carbocycles. The van der Waals surface area contributed by atoms with E-state index >= 15 is 0 Å². The second-order valence-electron chi connectivity index (χ2n) is 4.61. The Morgan fingerprint density at radius 3 is 2.89 bits per heavy atom. The van der Waals surface area contributed by atoms with Crippen molar-refractivity contribution in [3.05, 3.63) is 42.4 Å². The molecule has 3 N–H and O–H groups in total. The molecule has 1 aromatic heterocycles. The lowest BCUT2D eigenvalue weighted by molar-refractivity contribution is 0.571. The zero-order valence-corrected chi connectivity index (χ0v) is 10.5. The average molecular weight is 256 g/mol. The number of hydrogen-bond donors (Lipinski definition) is 2. The maximum Gasteiger partial charge on any atom is 0.189 e. The fourth-order valence-electron chi connectivity index (χ4n) is 1.85. The number of nitrogens with zero attached hydrogens (tertiary/aromatic N) is 2. The van der Waals surface area contributed by atoms with Crippen molar-refractivity contribution in [1.29, 1.82) is 0 Å². The lowest BCUT2D eigenvalue weighted by Gasteiger charge is -2.03. The van der Waals surface area contributed by atoms with Crippen LogP contribution in [0.2, 0.25) is 0 Å². The number of benzene rings is 1. The summed E-state index contributed by atoms with van der Waals surface area (Å²) >= 11 is 0. The molecule has 19 heavy (non-hydrogen) atoms. The maximum absolute atomic E-state index is 5.80. The molecule has 5 heteroatoms. The molecule has 0 unspecified atom stereocenters. The van der Waals surface area contributed by atoms with E-state index in [9.17, 15) is 0 Å². The van der Waals surface area contributed by atoms with Gasteiger partial charge in [-0.25, -0.2) is 9.98 Å². The Kier molecular flexibility index (Phi) is 3.18. The molecular weight excluding hydrogens is 240 g/mol. The number of nitrogens with one attached hydrogen (secondary N) is 1. The van der Waals surface area contributed by atoms with Gasteiger partial charge in [0.15, 0.2) is 18.1 Å². The van der Waals surface area contributed by atoms with E-state index in [1.807, 2.05) is 30.3 Å². The highest BCUT2D eigenvalue weighted by Gasteiger charge is 2.21. The first-order chi connectivity index (χ1) is 9.33. The first kappa shape index (κ1) is 11.8. The van der Waals surface area contributed by atoms with Crippen LogP contribution in [0.25, 0.3) is 11.3 Å². The number of rotatable bonds is 4. The SMILES string of the molecule is NC(=NCc1ncoc1-c1ccccc1)NC1CC1. The Bertz CT molecular complexity index is 572. The minimum atomic E-state index is 0.423. The highest BCUT2D eigenvalue weighted by Crippen LogP contribution is 2.23. The summed E-state index contributed by atoms with van der Waals surface area (Å²) in [5.74, 6) is 1.23. The van der Waals surface area contributed by atoms with E-state index in [2.05, 4.69) is 15.3 Å². The third kappa shape index (κ3) is 2.93. The van der Waals surface area contributed by atoms with Crippen LogP contribution >= 0.6 is 0 Å². The molecule has 0 bridgehead atoms. The number of aromatic nitrogens is 1. The fourth-order valence-corrected chi connectivity index (χ4v) is 1.85. The molecule has 0 spiro atoms. The van der Waals surface area contributed by atoms with Crippen molar-refractivity contribution >= 4 is 5.96 Å². The van der Waals surface area contributed by atoms with E-state index in [4.69, 9.17) is 10.2 Å². The van der Waals surface area contributed by atoms with E-state index in [0.717, 1.165) is 17.0 Å². The van der Waals surface area contributed by atoms with Crippen molar-refractivity contribution < 1.29 is 4.42 Å². The summed E-state index contributed by atoms with van der Waals surface area (Å²) < 4.78 is 5.43. The Hall–Kier alpha value is -2.30. The molecule has 1 aliphatic carbocycles. The van der Waals surface area contributed by atoms with Gasteiger partial charge in [-0.15, -0.1) is 0 Å². The first-order valence-electron chi connectivity index (χ1n) is 6.37. The van der Waals surface area contributed by atoms with Gasteiger partial charge in [-0.3, -0.25) is 0 Å². The van der Waals surface area contributed by atoms with Crippen LogP contribution in [0.4, 0.5) is 0 Å². The number of oxazole rings is 1. The van der Waals surface area contributed by atoms with E-state index in [0.29, 0.717) is 18.5 Å². The Labute approximate surface area is 111 Å². The molecule has 1 saturated carbocycles. The fraction of sp³-hybridized carbons (Fsp3) is 0.286. The van der Waals surface area contributed by atoms with Crippen molar-refractivity contribution in [1.82, 2.24) is 10.3 Å². The average Bonchev–Trinajstić information content (AvgIpc) is 3.12. The normalized spacial score (nSPS) is 15.5. The molecule has 0 atom stereocenters. The molecule has 3 rings (SSSR count). The molecule has 0 saturated heterocycles. The van der Waals surface area contributed by atoms with E-state index < -0.39 is 0 Å². The monoisotopic (exact) mass is 256 g/mol. The van der Waals surface area contributed by atoms with E-state index in [-0.39, 0.29) is 0 Å². The van der Waals surface area contributed by atoms with Gasteiger partial charge in [-0.05, 0) is 12.8 Å². The third-order valence-corrected chi connectivity index (χ3v) is 3.01. The summed E-state index contributed by atoms with van der Waals surface area (Å²) in [6, 6.07) is 10.4. The number of hydrogen-bond acceptors (Lipinski definition) is 3. The first-order valence-corrected chi connectivity index (χ1v) is 6.37. The molecule has 1 fully saturated rings. The second kappa shape index (κ2) is 5.14. The van der Waals surface area contributed by atoms with Gasteiger partial charge < -0.3 is 15.5 Å². The minimum Gasteiger partial charge on any atom is -0.443 e. The number of nitrogens with two attached hydrogens (primary N) is 1. The van der Waals surface area contributed by atoms with Gasteiger partial charge in [0.05, 0.1) is 6.54 Å². The van der Waals surface area contributed by atoms with Crippen LogP contribution in [0.5, 0.6) is 0 Å². The molecule has 98 valence electrons. The van der Waals surface area contributed by atoms with Gasteiger partial charge >= 0.3 is 0 Å². The highest BCUT2D eigenvalue weighted by molar-refractivity contribution is 5.78. The molecule has 1 aliphatic rings. The molecule has 0 radical (unpaired) electrons. The van der Waals surface area contributed by atoms with Gasteiger partial charge in [0.1, 0.15) is 5.69 Å². The summed E-state index contributed by atoms with van der Waals surface area (Å²) in [4.78, 5) is 8.50. The number of aliphatic imine (C=N–C) groups is 1. The van der Waals surface area contributed by atoms with Crippen LogP contribution in [0.3, 0.4) is 0 Å². The van der Waals surface area contributed by atoms with Crippen LogP contribution in [0, 0.1) is 0 Å². The second-order valence-corrected chi connectivity index (χ2v) is 4.61. The Balaban J connectivity index is 1.73. The van der Waals surface area contributed by atoms with Crippen molar-refractivity contribution in [3.8, 4) is 11.3 Å². The van der Waals surface area contributed by atoms with Gasteiger partial charge in [0, 0.05) is 11.6 Å². The molecule has 1 heterocycles. The summed E-state index contributed by atoms with van der Waals surface area (Å²) in [5, 5.41) is 3.14. The molecule has 2 aromatic rings. The molecule has 5 nitrogen and oxygen atoms in total. The summed E-state index contributed by atoms with van der Waals surface area (Å²) in [7, 11) is 0. The van der Waals surface area contributed by atoms with Gasteiger partial charge in [0.2, 0.25) is 0 Å². The zero-order chi connectivity index (χ0) is 13.1. The van der Waals surface area contributed by atoms with Crippen LogP contribution in [-0.2, 0) is 6.54 Å². The van der Waals surface area contributed by atoms with Crippen molar-refractivity contribution in [2.24, 2.45) is 10.7 Å². The summed E-state index contributed by atoms with van der Waals surface area (Å²) in [6.45, 7) is 0.423. The van der Waals surface area contributed by atoms with Crippen LogP contribution in [-0.4, -0.2) is 17.0 Å². The van der Waals surface area contributed by atoms with Gasteiger partial charge in [0.25, 0.3) is 0 Å². The Morgan fingerprint density at radius 1 is 1.37 bits per heavy atom. The van der Waals surface area contributed by atoms with E-state index in [1.54, 1.807) is 0 Å². The van der Waals surface area contributed by atoms with Crippen LogP contribution < -0.4 is 11.1 Å². The van der Waals surface area contributed by atoms with Crippen molar-refractivity contribution in [2.75, 3.05) is 0 Å². The van der Waals surface area contributed by atoms with Crippen molar-refractivity contribution in [3.63, 3.8) is 0 Å². The highest BCUT2D eigenvalue weighted by atomic mass is 16.3. The smallest absolute Gasteiger partial charge is 0.189 e. The molecule has 0 amide bonds. The van der Waals surface area contributed by atoms with E-state index in [1.165, 1.54) is 19.2 Å². The standard InChI is InChI=1S/C14H16N4O/c15-14(18-11-6-7-11)16-8-12-13(19-9-17-12)10-4-2-1-3-5-10/h1-5,9,11H,6-8H2,(H3,15,16,18). The minimum absolute atomic E-state index is 0.423. The third-order valence-electron chi connectivity index (χ3n) is 3.01. The molecule has 0 aliphatic heterocycles. The largest absolute Gasteiger partial charge is 0.443 e. The van der Waals surface area contributed by atoms with Crippen molar-refractivity contribution in [2.45, 2.75) is 25.4 Å². The predicted octanol–water partition coefficient (Wildman–Crippen LogP) is 1.91. The topological polar surface area (TPSA) is 76.4 Å². The quantitative estimate of drug-likeness (QED) is 0.647. The summed E-state index contributed by atoms with van der Waals surface area (Å²) in [6.07, 6.45) is 3.79. The van der Waals surface area contributed by atoms with Crippen LogP contribution in [0.1, 0.15) is 18.5 Å². The molecular formula is C14H16N4O. The predicted molar refractivity (Wildman–Crippen MR) is 73.4 cm³/mol. The van der Waals surface area contributed by atoms with Gasteiger partial charge in [-0.1, -0.05) is 30.3 Å². The Morgan fingerprint density at radius 2 is 2.16 bits per heavy atom.